The lowest BCUT2D eigenvalue weighted by molar-refractivity contribution is -0.137. The van der Waals surface area contributed by atoms with Gasteiger partial charge in [0, 0.05) is 31.9 Å². The molecule has 0 radical (unpaired) electrons. The number of anilines is 1. The summed E-state index contributed by atoms with van der Waals surface area (Å²) >= 11 is 6.02. The zero-order valence-corrected chi connectivity index (χ0v) is 15.9. The second-order valence-electron chi connectivity index (χ2n) is 6.19. The van der Waals surface area contributed by atoms with Crippen molar-refractivity contribution in [2.24, 2.45) is 0 Å². The molecule has 27 heavy (non-hydrogen) atoms. The molecule has 1 saturated heterocycles. The normalized spacial score (nSPS) is 17.0. The van der Waals surface area contributed by atoms with Crippen LogP contribution in [0.5, 0.6) is 0 Å². The van der Waals surface area contributed by atoms with E-state index in [9.17, 15) is 21.6 Å². The van der Waals surface area contributed by atoms with Crippen LogP contribution in [0.3, 0.4) is 0 Å². The summed E-state index contributed by atoms with van der Waals surface area (Å²) in [5.41, 5.74) is -0.644. The number of hydrogen-bond acceptors (Lipinski definition) is 3. The Bertz CT molecular complexity index is 919. The molecule has 0 bridgehead atoms. The Hall–Kier alpha value is -1.77. The largest absolute Gasteiger partial charge is 0.418 e. The Kier molecular flexibility index (Phi) is 5.69. The number of sulfonamides is 1. The number of rotatable bonds is 3. The maximum atomic E-state index is 13.3. The molecule has 0 spiro atoms. The van der Waals surface area contributed by atoms with Crippen molar-refractivity contribution in [3.8, 4) is 0 Å². The van der Waals surface area contributed by atoms with Gasteiger partial charge < -0.3 is 4.90 Å². The smallest absolute Gasteiger partial charge is 0.370 e. The lowest BCUT2D eigenvalue weighted by atomic mass is 10.1. The highest BCUT2D eigenvalue weighted by Gasteiger charge is 2.35. The van der Waals surface area contributed by atoms with Gasteiger partial charge in [-0.2, -0.15) is 17.5 Å². The second-order valence-corrected chi connectivity index (χ2v) is 8.50. The summed E-state index contributed by atoms with van der Waals surface area (Å²) in [4.78, 5) is 1.60. The minimum Gasteiger partial charge on any atom is -0.370 e. The van der Waals surface area contributed by atoms with Gasteiger partial charge in [0.25, 0.3) is 0 Å². The molecule has 1 aliphatic rings. The van der Waals surface area contributed by atoms with Crippen LogP contribution in [0.15, 0.2) is 53.4 Å². The van der Waals surface area contributed by atoms with Crippen LogP contribution in [0, 0.1) is 0 Å². The molecule has 0 N–H and O–H groups in total. The summed E-state index contributed by atoms with van der Waals surface area (Å²) in [5.74, 6) is 0. The van der Waals surface area contributed by atoms with E-state index in [1.54, 1.807) is 23.1 Å². The minimum absolute atomic E-state index is 0.0100. The van der Waals surface area contributed by atoms with Crippen molar-refractivity contribution in [3.05, 3.63) is 59.1 Å². The SMILES string of the molecule is O=S(=O)(c1ccccc1Cl)N1CCCN(c2ccccc2C(F)(F)F)CC1. The van der Waals surface area contributed by atoms with Gasteiger partial charge in [-0.25, -0.2) is 8.42 Å². The molecule has 1 heterocycles. The Morgan fingerprint density at radius 1 is 0.889 bits per heavy atom. The summed E-state index contributed by atoms with van der Waals surface area (Å²) in [5, 5.41) is 0.126. The molecule has 3 rings (SSSR count). The van der Waals surface area contributed by atoms with Crippen molar-refractivity contribution in [1.82, 2.24) is 4.31 Å². The van der Waals surface area contributed by atoms with Crippen LogP contribution in [0.25, 0.3) is 0 Å². The Morgan fingerprint density at radius 3 is 2.26 bits per heavy atom. The van der Waals surface area contributed by atoms with E-state index in [1.807, 2.05) is 0 Å². The monoisotopic (exact) mass is 418 g/mol. The third kappa shape index (κ3) is 4.23. The van der Waals surface area contributed by atoms with Gasteiger partial charge in [0.1, 0.15) is 4.90 Å². The highest BCUT2D eigenvalue weighted by molar-refractivity contribution is 7.89. The first-order chi connectivity index (χ1) is 12.7. The molecule has 1 aliphatic heterocycles. The number of alkyl halides is 3. The van der Waals surface area contributed by atoms with Crippen LogP contribution in [0.1, 0.15) is 12.0 Å². The molecule has 0 unspecified atom stereocenters. The number of para-hydroxylation sites is 1. The van der Waals surface area contributed by atoms with E-state index < -0.39 is 21.8 Å². The van der Waals surface area contributed by atoms with Gasteiger partial charge >= 0.3 is 6.18 Å². The molecule has 0 saturated carbocycles. The van der Waals surface area contributed by atoms with Gasteiger partial charge in [-0.3, -0.25) is 0 Å². The van der Waals surface area contributed by atoms with Crippen LogP contribution >= 0.6 is 11.6 Å². The summed E-state index contributed by atoms with van der Waals surface area (Å²) in [6.07, 6.45) is -4.05. The molecule has 1 fully saturated rings. The first kappa shape index (κ1) is 20.0. The lowest BCUT2D eigenvalue weighted by Crippen LogP contribution is -2.35. The average molecular weight is 419 g/mol. The molecular weight excluding hydrogens is 401 g/mol. The molecule has 146 valence electrons. The van der Waals surface area contributed by atoms with E-state index in [0.29, 0.717) is 13.0 Å². The van der Waals surface area contributed by atoms with E-state index in [-0.39, 0.29) is 35.2 Å². The van der Waals surface area contributed by atoms with Crippen molar-refractivity contribution in [2.45, 2.75) is 17.5 Å². The number of halogens is 4. The third-order valence-electron chi connectivity index (χ3n) is 4.46. The van der Waals surface area contributed by atoms with E-state index in [0.717, 1.165) is 6.07 Å². The van der Waals surface area contributed by atoms with E-state index in [4.69, 9.17) is 11.6 Å². The molecule has 2 aromatic rings. The summed E-state index contributed by atoms with van der Waals surface area (Å²) in [6, 6.07) is 11.5. The molecular formula is C18H18ClF3N2O2S. The van der Waals surface area contributed by atoms with E-state index >= 15 is 0 Å². The highest BCUT2D eigenvalue weighted by Crippen LogP contribution is 2.37. The quantitative estimate of drug-likeness (QED) is 0.747. The first-order valence-corrected chi connectivity index (χ1v) is 10.2. The van der Waals surface area contributed by atoms with Crippen LogP contribution in [0.2, 0.25) is 5.02 Å². The number of benzene rings is 2. The molecule has 2 aromatic carbocycles. The van der Waals surface area contributed by atoms with Gasteiger partial charge in [-0.15, -0.1) is 0 Å². The van der Waals surface area contributed by atoms with Gasteiger partial charge in [0.15, 0.2) is 0 Å². The van der Waals surface area contributed by atoms with Gasteiger partial charge in [-0.05, 0) is 30.7 Å². The molecule has 0 aliphatic carbocycles. The Labute approximate surface area is 161 Å². The Morgan fingerprint density at radius 2 is 1.56 bits per heavy atom. The topological polar surface area (TPSA) is 40.6 Å². The standard InChI is InChI=1S/C18H18ClF3N2O2S/c19-15-7-2-4-9-17(15)27(25,26)24-11-5-10-23(12-13-24)16-8-3-1-6-14(16)18(20,21)22/h1-4,6-9H,5,10-13H2. The fourth-order valence-electron chi connectivity index (χ4n) is 3.16. The van der Waals surface area contributed by atoms with E-state index in [2.05, 4.69) is 0 Å². The predicted molar refractivity (Wildman–Crippen MR) is 98.5 cm³/mol. The lowest BCUT2D eigenvalue weighted by Gasteiger charge is -2.26. The van der Waals surface area contributed by atoms with Crippen molar-refractivity contribution >= 4 is 27.3 Å². The van der Waals surface area contributed by atoms with Crippen molar-refractivity contribution in [3.63, 3.8) is 0 Å². The highest BCUT2D eigenvalue weighted by atomic mass is 35.5. The van der Waals surface area contributed by atoms with Gasteiger partial charge in [-0.1, -0.05) is 35.9 Å². The van der Waals surface area contributed by atoms with Crippen molar-refractivity contribution in [2.75, 3.05) is 31.1 Å². The van der Waals surface area contributed by atoms with Crippen molar-refractivity contribution < 1.29 is 21.6 Å². The van der Waals surface area contributed by atoms with Crippen molar-refractivity contribution in [1.29, 1.82) is 0 Å². The molecule has 0 atom stereocenters. The first-order valence-electron chi connectivity index (χ1n) is 8.37. The summed E-state index contributed by atoms with van der Waals surface area (Å²) in [7, 11) is -3.81. The summed E-state index contributed by atoms with van der Waals surface area (Å²) < 4.78 is 66.9. The van der Waals surface area contributed by atoms with Gasteiger partial charge in [0.05, 0.1) is 10.6 Å². The maximum Gasteiger partial charge on any atom is 0.418 e. The van der Waals surface area contributed by atoms with Crippen LogP contribution in [-0.4, -0.2) is 38.9 Å². The zero-order chi connectivity index (χ0) is 19.7. The number of nitrogens with zero attached hydrogens (tertiary/aromatic N) is 2. The Balaban J connectivity index is 1.84. The van der Waals surface area contributed by atoms with Crippen LogP contribution in [0.4, 0.5) is 18.9 Å². The van der Waals surface area contributed by atoms with E-state index in [1.165, 1.54) is 28.6 Å². The van der Waals surface area contributed by atoms with Gasteiger partial charge in [0.2, 0.25) is 10.0 Å². The summed E-state index contributed by atoms with van der Waals surface area (Å²) in [6.45, 7) is 0.802. The third-order valence-corrected chi connectivity index (χ3v) is 6.86. The molecule has 0 amide bonds. The zero-order valence-electron chi connectivity index (χ0n) is 14.3. The van der Waals surface area contributed by atoms with Crippen LogP contribution in [-0.2, 0) is 16.2 Å². The maximum absolute atomic E-state index is 13.3. The molecule has 0 aromatic heterocycles. The molecule has 4 nitrogen and oxygen atoms in total. The predicted octanol–water partition coefficient (Wildman–Crippen LogP) is 4.26. The number of hydrogen-bond donors (Lipinski definition) is 0. The fraction of sp³-hybridized carbons (Fsp3) is 0.333. The average Bonchev–Trinajstić information content (AvgIpc) is 2.88. The fourth-order valence-corrected chi connectivity index (χ4v) is 5.12. The molecule has 9 heteroatoms. The minimum atomic E-state index is -4.47. The van der Waals surface area contributed by atoms with Crippen LogP contribution < -0.4 is 4.90 Å². The second kappa shape index (κ2) is 7.69.